The van der Waals surface area contributed by atoms with Crippen molar-refractivity contribution < 1.29 is 14.6 Å². The molecule has 0 unspecified atom stereocenters. The third kappa shape index (κ3) is 3.81. The van der Waals surface area contributed by atoms with Crippen LogP contribution in [0.3, 0.4) is 0 Å². The Balaban J connectivity index is 1.57. The highest BCUT2D eigenvalue weighted by molar-refractivity contribution is 5.92. The average Bonchev–Trinajstić information content (AvgIpc) is 2.95. The molecule has 0 aromatic carbocycles. The van der Waals surface area contributed by atoms with E-state index in [0.29, 0.717) is 25.6 Å². The summed E-state index contributed by atoms with van der Waals surface area (Å²) in [6.45, 7) is 1.56. The molecule has 2 aromatic rings. The molecule has 0 spiro atoms. The Bertz CT molecular complexity index is 681. The maximum atomic E-state index is 12.1. The van der Waals surface area contributed by atoms with Crippen LogP contribution in [0.4, 0.5) is 0 Å². The van der Waals surface area contributed by atoms with E-state index in [9.17, 15) is 9.90 Å². The van der Waals surface area contributed by atoms with Gasteiger partial charge < -0.3 is 15.2 Å². The van der Waals surface area contributed by atoms with E-state index in [-0.39, 0.29) is 17.6 Å². The Morgan fingerprint density at radius 1 is 1.29 bits per heavy atom. The number of hydrogen-bond acceptors (Lipinski definition) is 8. The second-order valence-electron chi connectivity index (χ2n) is 5.51. The molecule has 9 nitrogen and oxygen atoms in total. The number of ether oxygens (including phenoxy) is 1. The van der Waals surface area contributed by atoms with E-state index in [0.717, 1.165) is 5.56 Å². The van der Waals surface area contributed by atoms with Gasteiger partial charge in [0.25, 0.3) is 5.91 Å². The van der Waals surface area contributed by atoms with Crippen LogP contribution in [0.2, 0.25) is 0 Å². The molecule has 0 saturated carbocycles. The maximum Gasteiger partial charge on any atom is 0.316 e. The van der Waals surface area contributed by atoms with E-state index in [4.69, 9.17) is 4.74 Å². The van der Waals surface area contributed by atoms with Crippen LogP contribution in [-0.2, 0) is 6.54 Å². The molecule has 24 heavy (non-hydrogen) atoms. The molecule has 3 rings (SSSR count). The lowest BCUT2D eigenvalue weighted by Gasteiger charge is -2.16. The largest absolute Gasteiger partial charge is 0.467 e. The first-order valence-electron chi connectivity index (χ1n) is 7.48. The number of aliphatic hydroxyl groups excluding tert-OH is 1. The van der Waals surface area contributed by atoms with Gasteiger partial charge in [0.05, 0.1) is 25.5 Å². The van der Waals surface area contributed by atoms with Crippen molar-refractivity contribution in [2.24, 2.45) is 0 Å². The first kappa shape index (κ1) is 16.2. The van der Waals surface area contributed by atoms with Gasteiger partial charge in [0.2, 0.25) is 0 Å². The molecule has 1 fully saturated rings. The molecular weight excluding hydrogens is 312 g/mol. The van der Waals surface area contributed by atoms with Gasteiger partial charge in [0.15, 0.2) is 0 Å². The van der Waals surface area contributed by atoms with Gasteiger partial charge in [-0.15, -0.1) is 0 Å². The van der Waals surface area contributed by atoms with Crippen molar-refractivity contribution >= 4 is 5.91 Å². The molecule has 1 aliphatic rings. The number of methoxy groups -OCH3 is 1. The van der Waals surface area contributed by atoms with Crippen LogP contribution in [0.25, 0.3) is 0 Å². The molecule has 1 aliphatic heterocycles. The van der Waals surface area contributed by atoms with Gasteiger partial charge in [-0.05, 0) is 0 Å². The molecule has 126 valence electrons. The van der Waals surface area contributed by atoms with Gasteiger partial charge in [-0.3, -0.25) is 14.7 Å². The zero-order valence-electron chi connectivity index (χ0n) is 13.2. The highest BCUT2D eigenvalue weighted by atomic mass is 16.5. The first-order chi connectivity index (χ1) is 11.7. The summed E-state index contributed by atoms with van der Waals surface area (Å²) in [6.07, 6.45) is 7.07. The van der Waals surface area contributed by atoms with Crippen LogP contribution in [0.5, 0.6) is 6.01 Å². The molecule has 9 heteroatoms. The van der Waals surface area contributed by atoms with Crippen LogP contribution >= 0.6 is 0 Å². The summed E-state index contributed by atoms with van der Waals surface area (Å²) in [4.78, 5) is 30.1. The Kier molecular flexibility index (Phi) is 4.92. The fourth-order valence-electron chi connectivity index (χ4n) is 2.58. The number of likely N-dealkylation sites (tertiary alicyclic amines) is 1. The zero-order chi connectivity index (χ0) is 16.9. The van der Waals surface area contributed by atoms with Crippen molar-refractivity contribution in [3.05, 3.63) is 42.2 Å². The Hall–Kier alpha value is -2.65. The van der Waals surface area contributed by atoms with Crippen molar-refractivity contribution in [3.63, 3.8) is 0 Å². The second kappa shape index (κ2) is 7.28. The van der Waals surface area contributed by atoms with Gasteiger partial charge in [0, 0.05) is 50.0 Å². The van der Waals surface area contributed by atoms with E-state index < -0.39 is 6.10 Å². The van der Waals surface area contributed by atoms with Crippen molar-refractivity contribution in [3.8, 4) is 6.01 Å². The molecular formula is C15H18N6O3. The van der Waals surface area contributed by atoms with Crippen molar-refractivity contribution in [2.45, 2.75) is 18.7 Å². The van der Waals surface area contributed by atoms with Crippen LogP contribution < -0.4 is 10.1 Å². The highest BCUT2D eigenvalue weighted by Crippen LogP contribution is 2.14. The summed E-state index contributed by atoms with van der Waals surface area (Å²) in [7, 11) is 1.51. The fraction of sp³-hybridized carbons (Fsp3) is 0.400. The predicted molar refractivity (Wildman–Crippen MR) is 83.2 cm³/mol. The molecule has 0 radical (unpaired) electrons. The maximum absolute atomic E-state index is 12.1. The van der Waals surface area contributed by atoms with Gasteiger partial charge >= 0.3 is 6.01 Å². The Labute approximate surface area is 138 Å². The smallest absolute Gasteiger partial charge is 0.316 e. The van der Waals surface area contributed by atoms with Crippen LogP contribution in [0.1, 0.15) is 16.1 Å². The minimum atomic E-state index is -0.648. The lowest BCUT2D eigenvalue weighted by atomic mass is 10.2. The van der Waals surface area contributed by atoms with Crippen molar-refractivity contribution in [2.75, 3.05) is 20.2 Å². The van der Waals surface area contributed by atoms with Gasteiger partial charge in [-0.2, -0.15) is 0 Å². The zero-order valence-corrected chi connectivity index (χ0v) is 13.2. The lowest BCUT2D eigenvalue weighted by Crippen LogP contribution is -2.43. The molecule has 0 bridgehead atoms. The highest BCUT2D eigenvalue weighted by Gasteiger charge is 2.32. The Morgan fingerprint density at radius 2 is 2.08 bits per heavy atom. The fourth-order valence-corrected chi connectivity index (χ4v) is 2.58. The Morgan fingerprint density at radius 3 is 2.75 bits per heavy atom. The van der Waals surface area contributed by atoms with E-state index in [1.54, 1.807) is 12.4 Å². The number of carbonyl (C=O) groups excluding carboxylic acids is 1. The third-order valence-electron chi connectivity index (χ3n) is 3.75. The van der Waals surface area contributed by atoms with Crippen molar-refractivity contribution in [1.82, 2.24) is 30.2 Å². The number of nitrogens with zero attached hydrogens (tertiary/aromatic N) is 5. The number of β-amino-alcohol motifs (C(OH)–C–C–N with tert-alkyl or cyclic N) is 1. The monoisotopic (exact) mass is 330 g/mol. The summed E-state index contributed by atoms with van der Waals surface area (Å²) >= 11 is 0. The topological polar surface area (TPSA) is 113 Å². The minimum Gasteiger partial charge on any atom is -0.467 e. The number of hydrogen-bond donors (Lipinski definition) is 2. The third-order valence-corrected chi connectivity index (χ3v) is 3.75. The number of rotatable bonds is 5. The predicted octanol–water partition coefficient (Wildman–Crippen LogP) is -0.750. The lowest BCUT2D eigenvalue weighted by molar-refractivity contribution is 0.0883. The standard InChI is InChI=1S/C15H18N6O3/c1-24-15-18-4-10(5-19-15)7-21-8-12(13(22)9-21)20-14(23)11-6-16-2-3-17-11/h2-6,12-13,22H,7-9H2,1H3,(H,20,23)/t12-,13-/m1/s1. The normalized spacial score (nSPS) is 20.8. The van der Waals surface area contributed by atoms with Crippen molar-refractivity contribution in [1.29, 1.82) is 0 Å². The number of nitrogens with one attached hydrogen (secondary N) is 1. The summed E-state index contributed by atoms with van der Waals surface area (Å²) in [6, 6.07) is -0.0482. The number of aliphatic hydroxyl groups is 1. The molecule has 2 atom stereocenters. The second-order valence-corrected chi connectivity index (χ2v) is 5.51. The SMILES string of the molecule is COc1ncc(CN2C[C@@H](O)[C@H](NC(=O)c3cnccn3)C2)cn1. The van der Waals surface area contributed by atoms with E-state index in [1.165, 1.54) is 25.7 Å². The quantitative estimate of drug-likeness (QED) is 0.736. The first-order valence-corrected chi connectivity index (χ1v) is 7.48. The molecule has 2 N–H and O–H groups in total. The summed E-state index contributed by atoms with van der Waals surface area (Å²) in [5.41, 5.74) is 1.13. The van der Waals surface area contributed by atoms with Gasteiger partial charge in [0.1, 0.15) is 5.69 Å². The molecule has 3 heterocycles. The molecule has 1 saturated heterocycles. The average molecular weight is 330 g/mol. The van der Waals surface area contributed by atoms with Crippen LogP contribution in [0, 0.1) is 0 Å². The van der Waals surface area contributed by atoms with Crippen LogP contribution in [-0.4, -0.2) is 68.2 Å². The number of carbonyl (C=O) groups is 1. The van der Waals surface area contributed by atoms with Gasteiger partial charge in [-0.1, -0.05) is 0 Å². The summed E-state index contributed by atoms with van der Waals surface area (Å²) in [5.74, 6) is -0.346. The number of aromatic nitrogens is 4. The van der Waals surface area contributed by atoms with Gasteiger partial charge in [-0.25, -0.2) is 15.0 Å². The summed E-state index contributed by atoms with van der Waals surface area (Å²) < 4.78 is 4.92. The van der Waals surface area contributed by atoms with E-state index >= 15 is 0 Å². The van der Waals surface area contributed by atoms with Crippen LogP contribution in [0.15, 0.2) is 31.0 Å². The molecule has 1 amide bonds. The molecule has 0 aliphatic carbocycles. The van der Waals surface area contributed by atoms with E-state index in [2.05, 4.69) is 25.3 Å². The molecule has 2 aromatic heterocycles. The minimum absolute atomic E-state index is 0.228. The number of amides is 1. The summed E-state index contributed by atoms with van der Waals surface area (Å²) in [5, 5.41) is 13.0. The van der Waals surface area contributed by atoms with E-state index in [1.807, 2.05) is 4.90 Å².